The van der Waals surface area contributed by atoms with E-state index in [1.54, 1.807) is 4.31 Å². The number of nitrogens with zero attached hydrogens (tertiary/aromatic N) is 1. The van der Waals surface area contributed by atoms with Crippen LogP contribution in [0.15, 0.2) is 0 Å². The van der Waals surface area contributed by atoms with E-state index < -0.39 is 10.2 Å². The predicted molar refractivity (Wildman–Crippen MR) is 79.3 cm³/mol. The summed E-state index contributed by atoms with van der Waals surface area (Å²) < 4.78 is 29.3. The number of hydrogen-bond donors (Lipinski definition) is 2. The summed E-state index contributed by atoms with van der Waals surface area (Å²) in [5.41, 5.74) is -0.371. The Hall–Kier alpha value is -0.170. The summed E-state index contributed by atoms with van der Waals surface area (Å²) in [7, 11) is -1.45. The molecule has 1 aliphatic heterocycles. The van der Waals surface area contributed by atoms with Crippen molar-refractivity contribution in [2.45, 2.75) is 52.0 Å². The average Bonchev–Trinajstić information content (AvgIpc) is 2.28. The predicted octanol–water partition coefficient (Wildman–Crippen LogP) is 1.33. The van der Waals surface area contributed by atoms with Crippen LogP contribution in [0, 0.1) is 5.92 Å². The monoisotopic (exact) mass is 291 g/mol. The highest BCUT2D eigenvalue weighted by Gasteiger charge is 2.32. The fourth-order valence-corrected chi connectivity index (χ4v) is 4.50. The molecule has 2 N–H and O–H groups in total. The zero-order valence-electron chi connectivity index (χ0n) is 12.7. The Labute approximate surface area is 118 Å². The van der Waals surface area contributed by atoms with Gasteiger partial charge >= 0.3 is 0 Å². The molecule has 5 nitrogen and oxygen atoms in total. The number of hydrogen-bond acceptors (Lipinski definition) is 3. The van der Waals surface area contributed by atoms with E-state index in [2.05, 4.69) is 17.0 Å². The van der Waals surface area contributed by atoms with E-state index in [1.807, 2.05) is 20.9 Å². The summed E-state index contributed by atoms with van der Waals surface area (Å²) >= 11 is 0. The third-order valence-electron chi connectivity index (χ3n) is 3.59. The van der Waals surface area contributed by atoms with E-state index in [0.717, 1.165) is 32.2 Å². The summed E-state index contributed by atoms with van der Waals surface area (Å²) in [6.07, 6.45) is 3.87. The zero-order valence-corrected chi connectivity index (χ0v) is 13.5. The molecule has 0 amide bonds. The van der Waals surface area contributed by atoms with Gasteiger partial charge in [0.05, 0.1) is 0 Å². The molecule has 0 aliphatic carbocycles. The standard InChI is InChI=1S/C13H29N3O2S/c1-5-8-13(2,3)15-19(17,18)16-9-6-7-12(11-16)10-14-4/h12,14-15H,5-11H2,1-4H3. The summed E-state index contributed by atoms with van der Waals surface area (Å²) in [4.78, 5) is 0. The smallest absolute Gasteiger partial charge is 0.279 e. The van der Waals surface area contributed by atoms with Crippen molar-refractivity contribution in [3.8, 4) is 0 Å². The maximum atomic E-state index is 12.4. The van der Waals surface area contributed by atoms with Crippen molar-refractivity contribution in [1.82, 2.24) is 14.3 Å². The fraction of sp³-hybridized carbons (Fsp3) is 1.00. The molecule has 1 rings (SSSR count). The summed E-state index contributed by atoms with van der Waals surface area (Å²) in [5.74, 6) is 0.421. The molecule has 0 aromatic heterocycles. The first-order valence-electron chi connectivity index (χ1n) is 7.24. The third-order valence-corrected chi connectivity index (χ3v) is 5.42. The Morgan fingerprint density at radius 3 is 2.63 bits per heavy atom. The highest BCUT2D eigenvalue weighted by Crippen LogP contribution is 2.20. The molecule has 0 bridgehead atoms. The van der Waals surface area contributed by atoms with Crippen LogP contribution in [-0.2, 0) is 10.2 Å². The van der Waals surface area contributed by atoms with E-state index in [-0.39, 0.29) is 5.54 Å². The van der Waals surface area contributed by atoms with Gasteiger partial charge in [0.1, 0.15) is 0 Å². The Kier molecular flexibility index (Phi) is 6.23. The molecule has 0 aromatic carbocycles. The molecule has 1 unspecified atom stereocenters. The van der Waals surface area contributed by atoms with Gasteiger partial charge in [0, 0.05) is 18.6 Å². The Morgan fingerprint density at radius 1 is 1.37 bits per heavy atom. The normalized spacial score (nSPS) is 22.6. The lowest BCUT2D eigenvalue weighted by Crippen LogP contribution is -2.53. The topological polar surface area (TPSA) is 61.4 Å². The minimum Gasteiger partial charge on any atom is -0.319 e. The first-order valence-corrected chi connectivity index (χ1v) is 8.68. The Bertz CT molecular complexity index is 366. The number of rotatable bonds is 7. The van der Waals surface area contributed by atoms with Gasteiger partial charge in [-0.25, -0.2) is 0 Å². The molecule has 0 saturated carbocycles. The second-order valence-electron chi connectivity index (χ2n) is 6.16. The SMILES string of the molecule is CCCC(C)(C)NS(=O)(=O)N1CCCC(CNC)C1. The zero-order chi connectivity index (χ0) is 14.5. The van der Waals surface area contributed by atoms with Gasteiger partial charge in [0.2, 0.25) is 0 Å². The summed E-state index contributed by atoms with van der Waals surface area (Å²) in [5, 5.41) is 3.14. The van der Waals surface area contributed by atoms with Crippen LogP contribution in [0.4, 0.5) is 0 Å². The van der Waals surface area contributed by atoms with Crippen molar-refractivity contribution in [3.63, 3.8) is 0 Å². The highest BCUT2D eigenvalue weighted by atomic mass is 32.2. The second-order valence-corrected chi connectivity index (χ2v) is 7.84. The van der Waals surface area contributed by atoms with E-state index in [0.29, 0.717) is 19.0 Å². The van der Waals surface area contributed by atoms with E-state index >= 15 is 0 Å². The van der Waals surface area contributed by atoms with Gasteiger partial charge in [0.15, 0.2) is 0 Å². The Morgan fingerprint density at radius 2 is 2.05 bits per heavy atom. The fourth-order valence-electron chi connectivity index (χ4n) is 2.79. The van der Waals surface area contributed by atoms with Crippen molar-refractivity contribution in [3.05, 3.63) is 0 Å². The lowest BCUT2D eigenvalue weighted by molar-refractivity contribution is 0.255. The van der Waals surface area contributed by atoms with Crippen molar-refractivity contribution in [2.75, 3.05) is 26.7 Å². The molecule has 114 valence electrons. The van der Waals surface area contributed by atoms with Gasteiger partial charge in [-0.2, -0.15) is 17.4 Å². The molecule has 0 spiro atoms. The third kappa shape index (κ3) is 5.38. The van der Waals surface area contributed by atoms with E-state index in [4.69, 9.17) is 0 Å². The maximum absolute atomic E-state index is 12.4. The molecule has 6 heteroatoms. The van der Waals surface area contributed by atoms with Crippen molar-refractivity contribution in [1.29, 1.82) is 0 Å². The van der Waals surface area contributed by atoms with Crippen molar-refractivity contribution >= 4 is 10.2 Å². The lowest BCUT2D eigenvalue weighted by Gasteiger charge is -2.35. The van der Waals surface area contributed by atoms with Crippen LogP contribution in [0.3, 0.4) is 0 Å². The van der Waals surface area contributed by atoms with Crippen LogP contribution in [0.25, 0.3) is 0 Å². The quantitative estimate of drug-likeness (QED) is 0.744. The Balaban J connectivity index is 2.66. The molecular formula is C13H29N3O2S. The number of piperidine rings is 1. The minimum absolute atomic E-state index is 0.371. The summed E-state index contributed by atoms with van der Waals surface area (Å²) in [6, 6.07) is 0. The van der Waals surface area contributed by atoms with Crippen LogP contribution in [0.1, 0.15) is 46.5 Å². The average molecular weight is 291 g/mol. The molecule has 19 heavy (non-hydrogen) atoms. The van der Waals surface area contributed by atoms with Gasteiger partial charge in [-0.05, 0) is 52.6 Å². The van der Waals surface area contributed by atoms with Crippen LogP contribution in [-0.4, -0.2) is 44.9 Å². The van der Waals surface area contributed by atoms with Gasteiger partial charge in [-0.1, -0.05) is 13.3 Å². The molecule has 1 fully saturated rings. The van der Waals surface area contributed by atoms with Crippen LogP contribution >= 0.6 is 0 Å². The van der Waals surface area contributed by atoms with E-state index in [1.165, 1.54) is 0 Å². The van der Waals surface area contributed by atoms with Crippen LogP contribution in [0.5, 0.6) is 0 Å². The molecule has 1 aliphatic rings. The van der Waals surface area contributed by atoms with Gasteiger partial charge in [-0.3, -0.25) is 0 Å². The minimum atomic E-state index is -3.36. The van der Waals surface area contributed by atoms with Gasteiger partial charge in [-0.15, -0.1) is 0 Å². The lowest BCUT2D eigenvalue weighted by atomic mass is 10.00. The summed E-state index contributed by atoms with van der Waals surface area (Å²) in [6.45, 7) is 8.10. The first-order chi connectivity index (χ1) is 8.80. The van der Waals surface area contributed by atoms with Gasteiger partial charge in [0.25, 0.3) is 10.2 Å². The maximum Gasteiger partial charge on any atom is 0.279 e. The van der Waals surface area contributed by atoms with Crippen molar-refractivity contribution < 1.29 is 8.42 Å². The molecule has 1 heterocycles. The molecule has 0 radical (unpaired) electrons. The molecule has 0 aromatic rings. The van der Waals surface area contributed by atoms with Crippen molar-refractivity contribution in [2.24, 2.45) is 5.92 Å². The highest BCUT2D eigenvalue weighted by molar-refractivity contribution is 7.87. The van der Waals surface area contributed by atoms with E-state index in [9.17, 15) is 8.42 Å². The van der Waals surface area contributed by atoms with Gasteiger partial charge < -0.3 is 5.32 Å². The largest absolute Gasteiger partial charge is 0.319 e. The van der Waals surface area contributed by atoms with Crippen LogP contribution in [0.2, 0.25) is 0 Å². The first kappa shape index (κ1) is 16.9. The molecule has 1 saturated heterocycles. The molecular weight excluding hydrogens is 262 g/mol. The number of nitrogens with one attached hydrogen (secondary N) is 2. The van der Waals surface area contributed by atoms with Crippen LogP contribution < -0.4 is 10.0 Å². The second kappa shape index (κ2) is 7.02. The molecule has 1 atom stereocenters.